The maximum Gasteiger partial charge on any atom is 0.420 e. The average molecular weight is 562 g/mol. The highest BCUT2D eigenvalue weighted by Crippen LogP contribution is 2.37. The van der Waals surface area contributed by atoms with Crippen LogP contribution in [0.25, 0.3) is 23.0 Å². The molecule has 39 heavy (non-hydrogen) atoms. The van der Waals surface area contributed by atoms with Gasteiger partial charge in [0.25, 0.3) is 5.91 Å². The minimum atomic E-state index is -4.84. The van der Waals surface area contributed by atoms with Gasteiger partial charge in [-0.1, -0.05) is 23.8 Å². The molecule has 1 amide bonds. The molecule has 1 aromatic carbocycles. The number of alkyl halides is 3. The van der Waals surface area contributed by atoms with Crippen molar-refractivity contribution in [1.82, 2.24) is 25.0 Å². The van der Waals surface area contributed by atoms with Crippen LogP contribution in [0.4, 0.5) is 28.9 Å². The topological polar surface area (TPSA) is 132 Å². The molecule has 0 atom stereocenters. The van der Waals surface area contributed by atoms with Crippen LogP contribution in [0, 0.1) is 5.82 Å². The van der Waals surface area contributed by atoms with Crippen LogP contribution < -0.4 is 11.1 Å². The Morgan fingerprint density at radius 3 is 2.46 bits per heavy atom. The summed E-state index contributed by atoms with van der Waals surface area (Å²) in [5.74, 6) is -2.45. The highest BCUT2D eigenvalue weighted by atomic mass is 35.5. The van der Waals surface area contributed by atoms with E-state index in [1.165, 1.54) is 43.0 Å². The van der Waals surface area contributed by atoms with Gasteiger partial charge in [-0.2, -0.15) is 23.4 Å². The third-order valence-electron chi connectivity index (χ3n) is 5.28. The number of nitrogens with two attached hydrogens (primary N) is 1. The van der Waals surface area contributed by atoms with Gasteiger partial charge in [-0.25, -0.2) is 9.37 Å². The Bertz CT molecular complexity index is 1570. The Morgan fingerprint density at radius 2 is 1.82 bits per heavy atom. The van der Waals surface area contributed by atoms with Crippen LogP contribution in [0.1, 0.15) is 35.3 Å². The van der Waals surface area contributed by atoms with Gasteiger partial charge in [0.2, 0.25) is 0 Å². The molecule has 202 valence electrons. The van der Waals surface area contributed by atoms with Crippen LogP contribution in [-0.4, -0.2) is 41.6 Å². The van der Waals surface area contributed by atoms with E-state index in [9.17, 15) is 23.1 Å². The first-order valence-electron chi connectivity index (χ1n) is 11.1. The lowest BCUT2D eigenvalue weighted by Gasteiger charge is -2.15. The lowest BCUT2D eigenvalue weighted by Crippen LogP contribution is -2.17. The number of rotatable bonds is 6. The Labute approximate surface area is 224 Å². The van der Waals surface area contributed by atoms with E-state index in [-0.39, 0.29) is 33.1 Å². The number of nitrogen functional groups attached to an aromatic ring is 1. The number of hydrogen-bond donors (Lipinski definition) is 3. The number of anilines is 2. The predicted molar refractivity (Wildman–Crippen MR) is 136 cm³/mol. The van der Waals surface area contributed by atoms with Gasteiger partial charge in [-0.15, -0.1) is 4.80 Å². The summed E-state index contributed by atoms with van der Waals surface area (Å²) in [4.78, 5) is 21.3. The van der Waals surface area contributed by atoms with E-state index in [4.69, 9.17) is 17.3 Å². The van der Waals surface area contributed by atoms with Crippen molar-refractivity contribution in [2.24, 2.45) is 0 Å². The fourth-order valence-corrected chi connectivity index (χ4v) is 3.80. The quantitative estimate of drug-likeness (QED) is 0.277. The fraction of sp³-hybridized carbons (Fsp3) is 0.160. The number of pyridine rings is 2. The number of halogens is 5. The van der Waals surface area contributed by atoms with Crippen LogP contribution in [0.5, 0.6) is 0 Å². The largest absolute Gasteiger partial charge is 0.420 e. The minimum absolute atomic E-state index is 0.0519. The van der Waals surface area contributed by atoms with Crippen LogP contribution in [-0.2, 0) is 6.18 Å². The lowest BCUT2D eigenvalue weighted by molar-refractivity contribution is -0.137. The van der Waals surface area contributed by atoms with E-state index in [1.807, 2.05) is 0 Å². The molecule has 4 aromatic rings. The van der Waals surface area contributed by atoms with Crippen molar-refractivity contribution < 1.29 is 27.5 Å². The van der Waals surface area contributed by atoms with Gasteiger partial charge in [0.05, 0.1) is 52.3 Å². The minimum Gasteiger partial charge on any atom is -0.397 e. The van der Waals surface area contributed by atoms with Crippen molar-refractivity contribution in [1.29, 1.82) is 0 Å². The molecular weight excluding hydrogens is 542 g/mol. The van der Waals surface area contributed by atoms with E-state index in [1.54, 1.807) is 13.8 Å². The SMILES string of the molecule is CC(C)(O)/C=C/c1cncc(N)c1-c1cc(Cl)c(C(=O)Nc2cnc(-n3nccn3)c(C(F)(F)F)c2)cc1F. The van der Waals surface area contributed by atoms with E-state index < -0.39 is 34.9 Å². The zero-order valence-electron chi connectivity index (χ0n) is 20.3. The molecule has 0 aliphatic carbocycles. The first-order valence-corrected chi connectivity index (χ1v) is 11.5. The highest BCUT2D eigenvalue weighted by Gasteiger charge is 2.36. The van der Waals surface area contributed by atoms with Gasteiger partial charge in [-0.05, 0) is 32.0 Å². The second-order valence-corrected chi connectivity index (χ2v) is 9.26. The Hall–Kier alpha value is -4.36. The zero-order chi connectivity index (χ0) is 28.5. The van der Waals surface area contributed by atoms with Crippen molar-refractivity contribution in [3.05, 3.63) is 82.8 Å². The van der Waals surface area contributed by atoms with Crippen LogP contribution in [0.15, 0.2) is 55.3 Å². The molecule has 0 bridgehead atoms. The molecule has 0 saturated carbocycles. The lowest BCUT2D eigenvalue weighted by atomic mass is 9.96. The molecule has 4 rings (SSSR count). The normalized spacial score (nSPS) is 12.2. The molecule has 0 fully saturated rings. The molecule has 0 aliphatic heterocycles. The van der Waals surface area contributed by atoms with Crippen molar-refractivity contribution in [2.45, 2.75) is 25.6 Å². The predicted octanol–water partition coefficient (Wildman–Crippen LogP) is 5.15. The summed E-state index contributed by atoms with van der Waals surface area (Å²) in [6, 6.07) is 2.67. The summed E-state index contributed by atoms with van der Waals surface area (Å²) >= 11 is 6.31. The summed E-state index contributed by atoms with van der Waals surface area (Å²) in [6.07, 6.45) is 4.20. The Kier molecular flexibility index (Phi) is 7.39. The first kappa shape index (κ1) is 27.7. The number of hydrogen-bond acceptors (Lipinski definition) is 7. The monoisotopic (exact) mass is 561 g/mol. The number of benzene rings is 1. The van der Waals surface area contributed by atoms with E-state index in [0.29, 0.717) is 16.4 Å². The smallest absolute Gasteiger partial charge is 0.397 e. The second-order valence-electron chi connectivity index (χ2n) is 8.86. The van der Waals surface area contributed by atoms with Gasteiger partial charge in [0.15, 0.2) is 5.82 Å². The fourth-order valence-electron chi connectivity index (χ4n) is 3.55. The number of carbonyl (C=O) groups excluding carboxylic acids is 1. The zero-order valence-corrected chi connectivity index (χ0v) is 21.1. The molecule has 0 saturated heterocycles. The van der Waals surface area contributed by atoms with E-state index >= 15 is 4.39 Å². The molecule has 0 radical (unpaired) electrons. The van der Waals surface area contributed by atoms with Crippen LogP contribution in [0.2, 0.25) is 5.02 Å². The van der Waals surface area contributed by atoms with Gasteiger partial charge >= 0.3 is 6.18 Å². The van der Waals surface area contributed by atoms with Gasteiger partial charge in [-0.3, -0.25) is 9.78 Å². The summed E-state index contributed by atoms with van der Waals surface area (Å²) in [5.41, 5.74) is 3.67. The average Bonchev–Trinajstić information content (AvgIpc) is 3.38. The van der Waals surface area contributed by atoms with Crippen molar-refractivity contribution in [3.8, 4) is 16.9 Å². The summed E-state index contributed by atoms with van der Waals surface area (Å²) < 4.78 is 56.3. The number of aromatic nitrogens is 5. The second kappa shape index (κ2) is 10.4. The van der Waals surface area contributed by atoms with Gasteiger partial charge in [0.1, 0.15) is 11.4 Å². The van der Waals surface area contributed by atoms with Crippen LogP contribution in [0.3, 0.4) is 0 Å². The van der Waals surface area contributed by atoms with Gasteiger partial charge in [0, 0.05) is 22.9 Å². The summed E-state index contributed by atoms with van der Waals surface area (Å²) in [5, 5.41) is 19.4. The molecule has 4 N–H and O–H groups in total. The van der Waals surface area contributed by atoms with Crippen LogP contribution >= 0.6 is 11.6 Å². The highest BCUT2D eigenvalue weighted by molar-refractivity contribution is 6.34. The molecule has 3 aromatic heterocycles. The maximum absolute atomic E-state index is 15.3. The third kappa shape index (κ3) is 6.21. The standard InChI is InChI=1S/C25H20ClF4N7O2/c1-24(2,39)4-3-13-10-32-12-20(31)21(13)16-8-18(26)15(9-19(16)27)23(38)36-14-7-17(25(28,29)30)22(33-11-14)37-34-5-6-35-37/h3-12,39H,31H2,1-2H3,(H,36,38)/b4-3+. The maximum atomic E-state index is 15.3. The number of amides is 1. The third-order valence-corrected chi connectivity index (χ3v) is 5.60. The van der Waals surface area contributed by atoms with E-state index in [2.05, 4.69) is 25.5 Å². The molecule has 9 nitrogen and oxygen atoms in total. The number of aliphatic hydroxyl groups is 1. The molecule has 0 aliphatic rings. The van der Waals surface area contributed by atoms with Crippen molar-refractivity contribution >= 4 is 35.0 Å². The van der Waals surface area contributed by atoms with E-state index in [0.717, 1.165) is 12.3 Å². The number of nitrogens with one attached hydrogen (secondary N) is 1. The first-order chi connectivity index (χ1) is 18.2. The molecule has 0 unspecified atom stereocenters. The van der Waals surface area contributed by atoms with Crippen molar-refractivity contribution in [3.63, 3.8) is 0 Å². The number of carbonyl (C=O) groups is 1. The molecule has 14 heteroatoms. The molecule has 0 spiro atoms. The number of nitrogens with zero attached hydrogens (tertiary/aromatic N) is 5. The Balaban J connectivity index is 1.69. The molecule has 3 heterocycles. The summed E-state index contributed by atoms with van der Waals surface area (Å²) in [6.45, 7) is 3.09. The van der Waals surface area contributed by atoms with Crippen molar-refractivity contribution in [2.75, 3.05) is 11.1 Å². The summed E-state index contributed by atoms with van der Waals surface area (Å²) in [7, 11) is 0. The molecular formula is C25H20ClF4N7O2. The Morgan fingerprint density at radius 1 is 1.13 bits per heavy atom. The van der Waals surface area contributed by atoms with Gasteiger partial charge < -0.3 is 16.2 Å².